The molecule has 1 aromatic carbocycles. The van der Waals surface area contributed by atoms with Gasteiger partial charge >= 0.3 is 0 Å². The summed E-state index contributed by atoms with van der Waals surface area (Å²) in [6, 6.07) is 7.04. The minimum absolute atomic E-state index is 0.319. The fourth-order valence-corrected chi connectivity index (χ4v) is 3.28. The maximum Gasteiger partial charge on any atom is 0.168 e. The third-order valence-corrected chi connectivity index (χ3v) is 4.42. The number of benzene rings is 1. The largest absolute Gasteiger partial charge is 0.367 e. The molecule has 5 nitrogen and oxygen atoms in total. The third kappa shape index (κ3) is 2.44. The molecule has 1 aliphatic carbocycles. The quantitative estimate of drug-likeness (QED) is 0.802. The number of anilines is 1. The zero-order valence-corrected chi connectivity index (χ0v) is 13.0. The van der Waals surface area contributed by atoms with Crippen LogP contribution < -0.4 is 5.32 Å². The van der Waals surface area contributed by atoms with Crippen molar-refractivity contribution in [2.24, 2.45) is 0 Å². The van der Waals surface area contributed by atoms with Crippen molar-refractivity contribution in [3.05, 3.63) is 42.1 Å². The Morgan fingerprint density at radius 3 is 2.74 bits per heavy atom. The first kappa shape index (κ1) is 14.1. The van der Waals surface area contributed by atoms with Gasteiger partial charge in [0, 0.05) is 6.04 Å². The van der Waals surface area contributed by atoms with Crippen molar-refractivity contribution in [3.63, 3.8) is 0 Å². The maximum atomic E-state index is 14.1. The second kappa shape index (κ2) is 5.61. The molecule has 0 aliphatic heterocycles. The zero-order chi connectivity index (χ0) is 15.8. The van der Waals surface area contributed by atoms with Crippen LogP contribution in [0.15, 0.2) is 30.6 Å². The smallest absolute Gasteiger partial charge is 0.168 e. The molecule has 6 heteroatoms. The summed E-state index contributed by atoms with van der Waals surface area (Å²) in [6.07, 6.45) is 6.33. The predicted octanol–water partition coefficient (Wildman–Crippen LogP) is 3.62. The van der Waals surface area contributed by atoms with E-state index < -0.39 is 0 Å². The number of hydrogen-bond donors (Lipinski definition) is 1. The second-order valence-electron chi connectivity index (χ2n) is 6.00. The standard InChI is InChI=1S/C17H18FN5/c1-11-15-16(21-12-6-2-3-7-12)19-10-20-17(15)23(22-11)14-9-5-4-8-13(14)18/h4-5,8-10,12H,2-3,6-7H2,1H3,(H,19,20,21). The van der Waals surface area contributed by atoms with Crippen LogP contribution in [0.5, 0.6) is 0 Å². The van der Waals surface area contributed by atoms with Crippen molar-refractivity contribution in [2.75, 3.05) is 5.32 Å². The van der Waals surface area contributed by atoms with Crippen molar-refractivity contribution >= 4 is 16.9 Å². The Hall–Kier alpha value is -2.50. The van der Waals surface area contributed by atoms with E-state index in [2.05, 4.69) is 20.4 Å². The third-order valence-electron chi connectivity index (χ3n) is 4.42. The van der Waals surface area contributed by atoms with Crippen molar-refractivity contribution in [2.45, 2.75) is 38.6 Å². The lowest BCUT2D eigenvalue weighted by molar-refractivity contribution is 0.612. The molecule has 23 heavy (non-hydrogen) atoms. The summed E-state index contributed by atoms with van der Waals surface area (Å²) in [5, 5.41) is 8.86. The number of aryl methyl sites for hydroxylation is 1. The summed E-state index contributed by atoms with van der Waals surface area (Å²) in [6.45, 7) is 1.91. The molecule has 1 N–H and O–H groups in total. The Morgan fingerprint density at radius 2 is 1.96 bits per heavy atom. The molecule has 0 bridgehead atoms. The van der Waals surface area contributed by atoms with Crippen LogP contribution in [-0.4, -0.2) is 25.8 Å². The van der Waals surface area contributed by atoms with E-state index in [1.165, 1.54) is 25.2 Å². The molecule has 3 aromatic rings. The van der Waals surface area contributed by atoms with E-state index in [9.17, 15) is 4.39 Å². The molecular weight excluding hydrogens is 293 g/mol. The van der Waals surface area contributed by atoms with E-state index in [0.29, 0.717) is 17.4 Å². The topological polar surface area (TPSA) is 55.6 Å². The highest BCUT2D eigenvalue weighted by atomic mass is 19.1. The number of nitrogens with zero attached hydrogens (tertiary/aromatic N) is 4. The van der Waals surface area contributed by atoms with Gasteiger partial charge in [-0.3, -0.25) is 0 Å². The first-order valence-corrected chi connectivity index (χ1v) is 7.96. The summed E-state index contributed by atoms with van der Waals surface area (Å²) in [7, 11) is 0. The number of para-hydroxylation sites is 1. The average Bonchev–Trinajstić information content (AvgIpc) is 3.17. The normalized spacial score (nSPS) is 15.4. The van der Waals surface area contributed by atoms with Crippen LogP contribution in [0.25, 0.3) is 16.7 Å². The van der Waals surface area contributed by atoms with Gasteiger partial charge in [-0.1, -0.05) is 25.0 Å². The van der Waals surface area contributed by atoms with E-state index in [4.69, 9.17) is 0 Å². The van der Waals surface area contributed by atoms with Crippen LogP contribution in [0, 0.1) is 12.7 Å². The van der Waals surface area contributed by atoms with Gasteiger partial charge in [-0.15, -0.1) is 0 Å². The van der Waals surface area contributed by atoms with Gasteiger partial charge < -0.3 is 5.32 Å². The fraction of sp³-hybridized carbons (Fsp3) is 0.353. The Labute approximate surface area is 133 Å². The van der Waals surface area contributed by atoms with Crippen LogP contribution in [0.4, 0.5) is 10.2 Å². The number of rotatable bonds is 3. The number of fused-ring (bicyclic) bond motifs is 1. The Kier molecular flexibility index (Phi) is 3.44. The van der Waals surface area contributed by atoms with E-state index >= 15 is 0 Å². The lowest BCUT2D eigenvalue weighted by atomic mass is 10.2. The molecule has 2 heterocycles. The first-order valence-electron chi connectivity index (χ1n) is 7.96. The van der Waals surface area contributed by atoms with Gasteiger partial charge in [0.05, 0.1) is 11.1 Å². The molecule has 1 saturated carbocycles. The minimum Gasteiger partial charge on any atom is -0.367 e. The molecule has 1 aliphatic rings. The Morgan fingerprint density at radius 1 is 1.17 bits per heavy atom. The number of halogens is 1. The highest BCUT2D eigenvalue weighted by Gasteiger charge is 2.20. The van der Waals surface area contributed by atoms with E-state index in [1.807, 2.05) is 6.92 Å². The molecule has 0 amide bonds. The van der Waals surface area contributed by atoms with Crippen molar-refractivity contribution in [1.82, 2.24) is 19.7 Å². The van der Waals surface area contributed by atoms with Crippen molar-refractivity contribution in [1.29, 1.82) is 0 Å². The van der Waals surface area contributed by atoms with Crippen molar-refractivity contribution < 1.29 is 4.39 Å². The highest BCUT2D eigenvalue weighted by Crippen LogP contribution is 2.29. The zero-order valence-electron chi connectivity index (χ0n) is 13.0. The van der Waals surface area contributed by atoms with Crippen LogP contribution in [0.1, 0.15) is 31.4 Å². The lowest BCUT2D eigenvalue weighted by Crippen LogP contribution is -2.16. The van der Waals surface area contributed by atoms with Gasteiger partial charge in [-0.2, -0.15) is 5.10 Å². The van der Waals surface area contributed by atoms with Gasteiger partial charge in [-0.25, -0.2) is 19.0 Å². The molecule has 1 fully saturated rings. The van der Waals surface area contributed by atoms with E-state index in [1.54, 1.807) is 22.9 Å². The van der Waals surface area contributed by atoms with Gasteiger partial charge in [0.25, 0.3) is 0 Å². The molecule has 0 unspecified atom stereocenters. The average molecular weight is 311 g/mol. The number of aromatic nitrogens is 4. The van der Waals surface area contributed by atoms with Crippen LogP contribution >= 0.6 is 0 Å². The molecule has 0 radical (unpaired) electrons. The molecule has 118 valence electrons. The lowest BCUT2D eigenvalue weighted by Gasteiger charge is -2.13. The number of nitrogens with one attached hydrogen (secondary N) is 1. The molecule has 0 spiro atoms. The SMILES string of the molecule is Cc1nn(-c2ccccc2F)c2ncnc(NC3CCCC3)c12. The minimum atomic E-state index is -0.319. The van der Waals surface area contributed by atoms with Crippen LogP contribution in [0.3, 0.4) is 0 Å². The van der Waals surface area contributed by atoms with Crippen LogP contribution in [-0.2, 0) is 0 Å². The molecular formula is C17H18FN5. The summed E-state index contributed by atoms with van der Waals surface area (Å²) in [4.78, 5) is 8.73. The van der Waals surface area contributed by atoms with Gasteiger partial charge in [-0.05, 0) is 31.9 Å². The van der Waals surface area contributed by atoms with Crippen molar-refractivity contribution in [3.8, 4) is 5.69 Å². The predicted molar refractivity (Wildman–Crippen MR) is 87.2 cm³/mol. The summed E-state index contributed by atoms with van der Waals surface area (Å²) >= 11 is 0. The number of hydrogen-bond acceptors (Lipinski definition) is 4. The first-order chi connectivity index (χ1) is 11.2. The highest BCUT2D eigenvalue weighted by molar-refractivity contribution is 5.90. The summed E-state index contributed by atoms with van der Waals surface area (Å²) < 4.78 is 15.7. The monoisotopic (exact) mass is 311 g/mol. The fourth-order valence-electron chi connectivity index (χ4n) is 3.28. The molecule has 0 saturated heterocycles. The van der Waals surface area contributed by atoms with E-state index in [-0.39, 0.29) is 5.82 Å². The van der Waals surface area contributed by atoms with E-state index in [0.717, 1.165) is 29.7 Å². The Balaban J connectivity index is 1.84. The molecule has 2 aromatic heterocycles. The summed E-state index contributed by atoms with van der Waals surface area (Å²) in [5.41, 5.74) is 1.82. The Bertz CT molecular complexity index is 851. The van der Waals surface area contributed by atoms with Gasteiger partial charge in [0.2, 0.25) is 0 Å². The maximum absolute atomic E-state index is 14.1. The van der Waals surface area contributed by atoms with Crippen LogP contribution in [0.2, 0.25) is 0 Å². The molecule has 4 rings (SSSR count). The second-order valence-corrected chi connectivity index (χ2v) is 6.00. The molecule has 0 atom stereocenters. The summed E-state index contributed by atoms with van der Waals surface area (Å²) in [5.74, 6) is 0.475. The van der Waals surface area contributed by atoms with Gasteiger partial charge in [0.1, 0.15) is 23.6 Å². The van der Waals surface area contributed by atoms with Gasteiger partial charge in [0.15, 0.2) is 5.65 Å².